The summed E-state index contributed by atoms with van der Waals surface area (Å²) in [5, 5.41) is 3.00. The zero-order chi connectivity index (χ0) is 17.8. The van der Waals surface area contributed by atoms with Crippen molar-refractivity contribution >= 4 is 33.1 Å². The molecule has 1 aliphatic heterocycles. The highest BCUT2D eigenvalue weighted by molar-refractivity contribution is 9.10. The Hall–Kier alpha value is -2.42. The third kappa shape index (κ3) is 3.65. The molecular weight excluding hydrogens is 390 g/mol. The van der Waals surface area contributed by atoms with Crippen LogP contribution < -0.4 is 19.3 Å². The predicted molar refractivity (Wildman–Crippen MR) is 99.2 cm³/mol. The zero-order valence-corrected chi connectivity index (χ0v) is 15.6. The molecule has 25 heavy (non-hydrogen) atoms. The Morgan fingerprint density at radius 2 is 1.80 bits per heavy atom. The first kappa shape index (κ1) is 17.4. The Labute approximate surface area is 153 Å². The average Bonchev–Trinajstić information content (AvgIpc) is 2.68. The molecule has 0 amide bonds. The summed E-state index contributed by atoms with van der Waals surface area (Å²) in [7, 11) is 3.11. The van der Waals surface area contributed by atoms with Gasteiger partial charge in [0, 0.05) is 36.7 Å². The number of methoxy groups -OCH3 is 2. The van der Waals surface area contributed by atoms with Gasteiger partial charge in [-0.15, -0.1) is 4.91 Å². The van der Waals surface area contributed by atoms with E-state index >= 15 is 0 Å². The monoisotopic (exact) mass is 407 g/mol. The molecule has 0 saturated carbocycles. The van der Waals surface area contributed by atoms with Crippen LogP contribution in [0.1, 0.15) is 0 Å². The topological polar surface area (TPSA) is 80.1 Å². The fraction of sp³-hybridized carbons (Fsp3) is 0.375. The molecule has 3 rings (SSSR count). The van der Waals surface area contributed by atoms with Gasteiger partial charge in [-0.05, 0) is 27.2 Å². The normalized spacial score (nSPS) is 14.4. The Kier molecular flexibility index (Phi) is 5.32. The van der Waals surface area contributed by atoms with Gasteiger partial charge in [0.2, 0.25) is 5.88 Å². The number of hydrogen-bond donors (Lipinski definition) is 0. The summed E-state index contributed by atoms with van der Waals surface area (Å²) in [5.41, 5.74) is 1.25. The number of aromatic nitrogens is 2. The number of rotatable bonds is 5. The van der Waals surface area contributed by atoms with Gasteiger partial charge in [0.1, 0.15) is 5.75 Å². The molecular formula is C16H18BrN5O3. The summed E-state index contributed by atoms with van der Waals surface area (Å²) >= 11 is 3.52. The molecule has 0 spiro atoms. The van der Waals surface area contributed by atoms with Crippen LogP contribution >= 0.6 is 15.9 Å². The first-order chi connectivity index (χ1) is 12.2. The van der Waals surface area contributed by atoms with Crippen molar-refractivity contribution in [3.63, 3.8) is 0 Å². The first-order valence-corrected chi connectivity index (χ1v) is 8.52. The molecule has 1 aliphatic rings. The molecule has 0 bridgehead atoms. The lowest BCUT2D eigenvalue weighted by atomic mass is 10.2. The number of halogens is 1. The Balaban J connectivity index is 1.75. The first-order valence-electron chi connectivity index (χ1n) is 7.73. The van der Waals surface area contributed by atoms with E-state index in [0.717, 1.165) is 42.2 Å². The van der Waals surface area contributed by atoms with Crippen LogP contribution in [-0.2, 0) is 0 Å². The molecule has 0 radical (unpaired) electrons. The van der Waals surface area contributed by atoms with Crippen LogP contribution in [0.5, 0.6) is 11.6 Å². The molecule has 0 atom stereocenters. The molecule has 9 heteroatoms. The van der Waals surface area contributed by atoms with Gasteiger partial charge in [0.25, 0.3) is 0 Å². The quantitative estimate of drug-likeness (QED) is 0.704. The summed E-state index contributed by atoms with van der Waals surface area (Å²) < 4.78 is 11.2. The van der Waals surface area contributed by atoms with Crippen molar-refractivity contribution < 1.29 is 9.47 Å². The van der Waals surface area contributed by atoms with Crippen LogP contribution in [0.3, 0.4) is 0 Å². The van der Waals surface area contributed by atoms with Crippen LogP contribution in [0.4, 0.5) is 17.2 Å². The van der Waals surface area contributed by atoms with Crippen molar-refractivity contribution in [3.05, 3.63) is 33.9 Å². The second-order valence-corrected chi connectivity index (χ2v) is 6.31. The molecule has 132 valence electrons. The highest BCUT2D eigenvalue weighted by atomic mass is 79.9. The summed E-state index contributed by atoms with van der Waals surface area (Å²) in [6.07, 6.45) is 3.33. The number of ether oxygens (including phenoxy) is 2. The van der Waals surface area contributed by atoms with Crippen molar-refractivity contribution in [1.82, 2.24) is 9.97 Å². The molecule has 2 heterocycles. The fourth-order valence-electron chi connectivity index (χ4n) is 2.77. The second-order valence-electron chi connectivity index (χ2n) is 5.46. The summed E-state index contributed by atoms with van der Waals surface area (Å²) in [4.78, 5) is 23.9. The van der Waals surface area contributed by atoms with E-state index in [0.29, 0.717) is 11.6 Å². The Bertz CT molecular complexity index is 765. The maximum absolute atomic E-state index is 10.9. The van der Waals surface area contributed by atoms with E-state index in [1.807, 2.05) is 6.07 Å². The van der Waals surface area contributed by atoms with Crippen LogP contribution in [0.25, 0.3) is 0 Å². The van der Waals surface area contributed by atoms with Gasteiger partial charge >= 0.3 is 0 Å². The van der Waals surface area contributed by atoms with E-state index in [1.54, 1.807) is 25.6 Å². The minimum absolute atomic E-state index is 0.281. The van der Waals surface area contributed by atoms with Crippen molar-refractivity contribution in [3.8, 4) is 11.6 Å². The lowest BCUT2D eigenvalue weighted by molar-refractivity contribution is 0.395. The smallest absolute Gasteiger partial charge is 0.233 e. The van der Waals surface area contributed by atoms with E-state index in [4.69, 9.17) is 9.47 Å². The van der Waals surface area contributed by atoms with Crippen molar-refractivity contribution in [1.29, 1.82) is 0 Å². The molecule has 2 aromatic rings. The van der Waals surface area contributed by atoms with Crippen molar-refractivity contribution in [2.45, 2.75) is 0 Å². The molecule has 0 aliphatic carbocycles. The van der Waals surface area contributed by atoms with Gasteiger partial charge in [-0.2, -0.15) is 4.98 Å². The van der Waals surface area contributed by atoms with Gasteiger partial charge < -0.3 is 19.3 Å². The largest absolute Gasteiger partial charge is 0.494 e. The van der Waals surface area contributed by atoms with Crippen LogP contribution in [0.2, 0.25) is 0 Å². The second kappa shape index (κ2) is 7.64. The number of nitroso groups, excluding NO2 is 1. The average molecular weight is 408 g/mol. The van der Waals surface area contributed by atoms with Crippen molar-refractivity contribution in [2.75, 3.05) is 50.2 Å². The molecule has 0 N–H and O–H groups in total. The van der Waals surface area contributed by atoms with Crippen LogP contribution in [0.15, 0.2) is 34.2 Å². The zero-order valence-electron chi connectivity index (χ0n) is 14.0. The minimum atomic E-state index is 0.281. The van der Waals surface area contributed by atoms with Gasteiger partial charge in [-0.25, -0.2) is 0 Å². The lowest BCUT2D eigenvalue weighted by Gasteiger charge is -2.37. The van der Waals surface area contributed by atoms with Crippen LogP contribution in [-0.4, -0.2) is 50.4 Å². The summed E-state index contributed by atoms with van der Waals surface area (Å²) in [5.74, 6) is 1.77. The molecule has 1 aromatic heterocycles. The Morgan fingerprint density at radius 1 is 1.08 bits per heavy atom. The SMILES string of the molecule is COc1cncc(N2CCN(c3cc(OC)c(N=O)cc3Br)CC2)n1. The third-order valence-corrected chi connectivity index (χ3v) is 4.74. The lowest BCUT2D eigenvalue weighted by Crippen LogP contribution is -2.47. The highest BCUT2D eigenvalue weighted by Crippen LogP contribution is 2.38. The maximum atomic E-state index is 10.9. The fourth-order valence-corrected chi connectivity index (χ4v) is 3.36. The Morgan fingerprint density at radius 3 is 2.44 bits per heavy atom. The summed E-state index contributed by atoms with van der Waals surface area (Å²) in [6, 6.07) is 3.52. The number of benzene rings is 1. The third-order valence-electron chi connectivity index (χ3n) is 4.10. The number of nitrogens with zero attached hydrogens (tertiary/aromatic N) is 5. The number of anilines is 2. The van der Waals surface area contributed by atoms with Crippen molar-refractivity contribution in [2.24, 2.45) is 5.18 Å². The van der Waals surface area contributed by atoms with Gasteiger partial charge in [0.15, 0.2) is 11.5 Å². The van der Waals surface area contributed by atoms with E-state index in [-0.39, 0.29) is 5.69 Å². The summed E-state index contributed by atoms with van der Waals surface area (Å²) in [6.45, 7) is 3.19. The predicted octanol–water partition coefficient (Wildman–Crippen LogP) is 2.98. The molecule has 0 unspecified atom stereocenters. The number of piperazine rings is 1. The van der Waals surface area contributed by atoms with E-state index in [2.05, 4.69) is 40.9 Å². The van der Waals surface area contributed by atoms with E-state index < -0.39 is 0 Å². The van der Waals surface area contributed by atoms with Crippen LogP contribution in [0, 0.1) is 4.91 Å². The standard InChI is InChI=1S/C16H18BrN5O3/c1-24-14-8-13(11(17)7-12(14)20-23)21-3-5-22(6-4-21)15-9-18-10-16(19-15)25-2/h7-10H,3-6H2,1-2H3. The molecule has 8 nitrogen and oxygen atoms in total. The molecule has 1 fully saturated rings. The number of hydrogen-bond acceptors (Lipinski definition) is 8. The minimum Gasteiger partial charge on any atom is -0.494 e. The van der Waals surface area contributed by atoms with Gasteiger partial charge in [-0.3, -0.25) is 4.98 Å². The van der Waals surface area contributed by atoms with Gasteiger partial charge in [-0.1, -0.05) is 0 Å². The van der Waals surface area contributed by atoms with E-state index in [1.165, 1.54) is 7.11 Å². The van der Waals surface area contributed by atoms with E-state index in [9.17, 15) is 4.91 Å². The molecule has 1 saturated heterocycles. The maximum Gasteiger partial charge on any atom is 0.233 e. The van der Waals surface area contributed by atoms with Gasteiger partial charge in [0.05, 0.1) is 32.3 Å². The molecule has 1 aromatic carbocycles. The highest BCUT2D eigenvalue weighted by Gasteiger charge is 2.22.